The predicted octanol–water partition coefficient (Wildman–Crippen LogP) is 4.79. The summed E-state index contributed by atoms with van der Waals surface area (Å²) in [5, 5.41) is 2.89. The fraction of sp³-hybridized carbons (Fsp3) is 0.278. The Morgan fingerprint density at radius 2 is 1.67 bits per heavy atom. The Morgan fingerprint density at radius 3 is 2.21 bits per heavy atom. The number of anilines is 1. The fourth-order valence-electron chi connectivity index (χ4n) is 2.34. The first-order valence-corrected chi connectivity index (χ1v) is 9.77. The molecule has 1 atom stereocenters. The first kappa shape index (κ1) is 18.1. The number of esters is 1. The number of carbonyl (C=O) groups excluding carboxylic acids is 1. The lowest BCUT2D eigenvalue weighted by atomic mass is 10.1. The van der Waals surface area contributed by atoms with Crippen LogP contribution < -0.4 is 9.61 Å². The van der Waals surface area contributed by atoms with Crippen LogP contribution in [0.1, 0.15) is 28.4 Å². The molecule has 0 aromatic heterocycles. The number of hydrogen-bond donors (Lipinski definition) is 1. The summed E-state index contributed by atoms with van der Waals surface area (Å²) in [7, 11) is -3.09. The lowest BCUT2D eigenvalue weighted by Crippen LogP contribution is -2.05. The summed E-state index contributed by atoms with van der Waals surface area (Å²) in [4.78, 5) is 11.6. The van der Waals surface area contributed by atoms with Gasteiger partial charge in [-0.1, -0.05) is 6.07 Å². The first-order chi connectivity index (χ1) is 11.3. The van der Waals surface area contributed by atoms with E-state index in [0.717, 1.165) is 11.1 Å². The largest absolute Gasteiger partial charge is 0.462 e. The minimum atomic E-state index is -3.09. The van der Waals surface area contributed by atoms with Crippen LogP contribution in [0.5, 0.6) is 5.75 Å². The van der Waals surface area contributed by atoms with Gasteiger partial charge < -0.3 is 14.3 Å². The van der Waals surface area contributed by atoms with Crippen molar-refractivity contribution in [3.05, 3.63) is 59.2 Å². The number of benzene rings is 2. The van der Waals surface area contributed by atoms with Gasteiger partial charge in [0.2, 0.25) is 0 Å². The molecule has 0 saturated heterocycles. The summed E-state index contributed by atoms with van der Waals surface area (Å²) in [5.74, 6) is 0.184. The Hall–Kier alpha value is -2.26. The summed E-state index contributed by atoms with van der Waals surface area (Å²) in [6, 6.07) is 12.3. The highest BCUT2D eigenvalue weighted by Gasteiger charge is 2.18. The Labute approximate surface area is 142 Å². The highest BCUT2D eigenvalue weighted by atomic mass is 31.2. The highest BCUT2D eigenvalue weighted by Crippen LogP contribution is 2.43. The van der Waals surface area contributed by atoms with Crippen molar-refractivity contribution < 1.29 is 18.6 Å². The Morgan fingerprint density at radius 1 is 1.08 bits per heavy atom. The molecular weight excluding hydrogens is 325 g/mol. The van der Waals surface area contributed by atoms with Crippen LogP contribution in [0.4, 0.5) is 5.69 Å². The average Bonchev–Trinajstić information content (AvgIpc) is 2.46. The molecule has 0 spiro atoms. The van der Waals surface area contributed by atoms with Crippen molar-refractivity contribution in [2.24, 2.45) is 0 Å². The molecule has 2 aromatic carbocycles. The van der Waals surface area contributed by atoms with Crippen LogP contribution in [0.15, 0.2) is 42.5 Å². The van der Waals surface area contributed by atoms with E-state index in [9.17, 15) is 9.36 Å². The molecule has 0 aliphatic carbocycles. The average molecular weight is 347 g/mol. The second-order valence-corrected chi connectivity index (χ2v) is 7.77. The van der Waals surface area contributed by atoms with Gasteiger partial charge in [0.15, 0.2) is 0 Å². The minimum Gasteiger partial charge on any atom is -0.462 e. The molecule has 1 N–H and O–H groups in total. The molecule has 0 unspecified atom stereocenters. The quantitative estimate of drug-likeness (QED) is 0.601. The van der Waals surface area contributed by atoms with Crippen LogP contribution in [0.3, 0.4) is 0 Å². The molecule has 24 heavy (non-hydrogen) atoms. The summed E-state index contributed by atoms with van der Waals surface area (Å²) in [6.45, 7) is 7.52. The van der Waals surface area contributed by atoms with E-state index in [-0.39, 0.29) is 5.97 Å². The zero-order valence-corrected chi connectivity index (χ0v) is 15.2. The number of rotatable bonds is 6. The van der Waals surface area contributed by atoms with Crippen molar-refractivity contribution in [2.75, 3.05) is 18.4 Å². The van der Waals surface area contributed by atoms with Gasteiger partial charge in [0, 0.05) is 12.4 Å². The van der Waals surface area contributed by atoms with Crippen molar-refractivity contribution in [1.29, 1.82) is 0 Å². The summed E-state index contributed by atoms with van der Waals surface area (Å²) >= 11 is 0. The maximum atomic E-state index is 12.7. The third-order valence-corrected chi connectivity index (χ3v) is 4.43. The summed E-state index contributed by atoms with van der Waals surface area (Å²) in [5.41, 5.74) is 3.15. The zero-order chi connectivity index (χ0) is 17.7. The molecule has 0 amide bonds. The lowest BCUT2D eigenvalue weighted by Gasteiger charge is -2.18. The summed E-state index contributed by atoms with van der Waals surface area (Å²) in [6.07, 6.45) is 0. The molecule has 0 heterocycles. The molecule has 0 saturated carbocycles. The Bertz CT molecular complexity index is 751. The standard InChI is InChI=1S/C18H22NO4P/c1-5-22-18(20)15-6-8-16(9-7-15)19-24(4,21)23-17-11-13(2)10-14(3)12-17/h6-12H,5H2,1-4H3,(H,19,21)/t24-/m0/s1. The number of nitrogens with one attached hydrogen (secondary N) is 1. The van der Waals surface area contributed by atoms with Crippen LogP contribution in [0.25, 0.3) is 0 Å². The second kappa shape index (κ2) is 7.54. The highest BCUT2D eigenvalue weighted by molar-refractivity contribution is 7.60. The monoisotopic (exact) mass is 347 g/mol. The maximum Gasteiger partial charge on any atom is 0.338 e. The molecule has 0 bridgehead atoms. The SMILES string of the molecule is CCOC(=O)c1ccc(N[P@@](C)(=O)Oc2cc(C)cc(C)c2)cc1. The van der Waals surface area contributed by atoms with E-state index in [1.165, 1.54) is 6.66 Å². The van der Waals surface area contributed by atoms with Gasteiger partial charge in [-0.2, -0.15) is 0 Å². The van der Waals surface area contributed by atoms with E-state index in [1.54, 1.807) is 31.2 Å². The van der Waals surface area contributed by atoms with E-state index in [1.807, 2.05) is 32.0 Å². The molecule has 2 rings (SSSR count). The van der Waals surface area contributed by atoms with Gasteiger partial charge in [0.25, 0.3) is 0 Å². The molecule has 2 aromatic rings. The number of aryl methyl sites for hydroxylation is 2. The van der Waals surface area contributed by atoms with Crippen molar-refractivity contribution in [3.8, 4) is 5.75 Å². The first-order valence-electron chi connectivity index (χ1n) is 7.70. The Balaban J connectivity index is 2.08. The number of carbonyl (C=O) groups is 1. The van der Waals surface area contributed by atoms with Gasteiger partial charge in [0.05, 0.1) is 12.2 Å². The van der Waals surface area contributed by atoms with Crippen molar-refractivity contribution in [3.63, 3.8) is 0 Å². The van der Waals surface area contributed by atoms with Gasteiger partial charge in [-0.3, -0.25) is 4.57 Å². The molecule has 128 valence electrons. The zero-order valence-electron chi connectivity index (χ0n) is 14.3. The van der Waals surface area contributed by atoms with Gasteiger partial charge in [-0.05, 0) is 68.3 Å². The van der Waals surface area contributed by atoms with Gasteiger partial charge in [-0.25, -0.2) is 4.79 Å². The van der Waals surface area contributed by atoms with E-state index >= 15 is 0 Å². The summed E-state index contributed by atoms with van der Waals surface area (Å²) < 4.78 is 23.2. The van der Waals surface area contributed by atoms with Gasteiger partial charge >= 0.3 is 13.5 Å². The van der Waals surface area contributed by atoms with Crippen LogP contribution >= 0.6 is 7.52 Å². The maximum absolute atomic E-state index is 12.7. The molecule has 0 fully saturated rings. The molecule has 6 heteroatoms. The van der Waals surface area contributed by atoms with E-state index in [4.69, 9.17) is 9.26 Å². The van der Waals surface area contributed by atoms with E-state index in [0.29, 0.717) is 23.6 Å². The Kier molecular flexibility index (Phi) is 5.68. The normalized spacial score (nSPS) is 13.0. The minimum absolute atomic E-state index is 0.326. The molecule has 5 nitrogen and oxygen atoms in total. The van der Waals surface area contributed by atoms with E-state index in [2.05, 4.69) is 5.09 Å². The van der Waals surface area contributed by atoms with Crippen LogP contribution in [0, 0.1) is 13.8 Å². The van der Waals surface area contributed by atoms with Crippen LogP contribution in [-0.4, -0.2) is 19.2 Å². The van der Waals surface area contributed by atoms with Crippen LogP contribution in [0.2, 0.25) is 0 Å². The van der Waals surface area contributed by atoms with Crippen LogP contribution in [-0.2, 0) is 9.30 Å². The lowest BCUT2D eigenvalue weighted by molar-refractivity contribution is 0.0526. The topological polar surface area (TPSA) is 64.6 Å². The molecule has 0 radical (unpaired) electrons. The number of hydrogen-bond acceptors (Lipinski definition) is 4. The predicted molar refractivity (Wildman–Crippen MR) is 96.1 cm³/mol. The molecule has 0 aliphatic heterocycles. The number of ether oxygens (including phenoxy) is 1. The van der Waals surface area contributed by atoms with Crippen molar-refractivity contribution in [1.82, 2.24) is 0 Å². The second-order valence-electron chi connectivity index (χ2n) is 5.67. The third-order valence-electron chi connectivity index (χ3n) is 3.20. The van der Waals surface area contributed by atoms with E-state index < -0.39 is 7.52 Å². The van der Waals surface area contributed by atoms with Gasteiger partial charge in [0.1, 0.15) is 5.75 Å². The molecular formula is C18H22NO4P. The molecule has 0 aliphatic rings. The van der Waals surface area contributed by atoms with Crippen molar-refractivity contribution in [2.45, 2.75) is 20.8 Å². The smallest absolute Gasteiger partial charge is 0.338 e. The third kappa shape index (κ3) is 5.14. The van der Waals surface area contributed by atoms with Crippen molar-refractivity contribution >= 4 is 19.2 Å². The fourth-order valence-corrected chi connectivity index (χ4v) is 3.51. The van der Waals surface area contributed by atoms with Gasteiger partial charge in [-0.15, -0.1) is 0 Å².